The van der Waals surface area contributed by atoms with E-state index in [1.807, 2.05) is 86.5 Å². The van der Waals surface area contributed by atoms with Crippen molar-refractivity contribution in [2.75, 3.05) is 51.1 Å². The molecule has 4 amide bonds. The molecule has 7 heteroatoms. The second-order valence-electron chi connectivity index (χ2n) is 8.37. The van der Waals surface area contributed by atoms with E-state index in [0.29, 0.717) is 0 Å². The van der Waals surface area contributed by atoms with Gasteiger partial charge in [0, 0.05) is 58.6 Å². The molecule has 170 valence electrons. The Morgan fingerprint density at radius 1 is 0.688 bits per heavy atom. The molecular weight excluding hydrogens is 404 g/mol. The van der Waals surface area contributed by atoms with Gasteiger partial charge < -0.3 is 9.80 Å². The van der Waals surface area contributed by atoms with E-state index in [-0.39, 0.29) is 13.1 Å². The van der Waals surface area contributed by atoms with E-state index < -0.39 is 29.7 Å². The highest BCUT2D eigenvalue weighted by atomic mass is 16.2. The average molecular weight is 437 g/mol. The van der Waals surface area contributed by atoms with Crippen molar-refractivity contribution in [1.29, 1.82) is 0 Å². The molecule has 0 N–H and O–H groups in total. The minimum Gasteiger partial charge on any atom is -0.378 e. The fourth-order valence-corrected chi connectivity index (χ4v) is 4.18. The summed E-state index contributed by atoms with van der Waals surface area (Å²) in [5.74, 6) is -2.38. The highest BCUT2D eigenvalue weighted by Gasteiger charge is 2.48. The Morgan fingerprint density at radius 2 is 1.03 bits per heavy atom. The van der Waals surface area contributed by atoms with E-state index >= 15 is 0 Å². The molecule has 0 unspecified atom stereocenters. The lowest BCUT2D eigenvalue weighted by Gasteiger charge is -2.39. The zero-order chi connectivity index (χ0) is 23.6. The van der Waals surface area contributed by atoms with Crippen LogP contribution >= 0.6 is 0 Å². The summed E-state index contributed by atoms with van der Waals surface area (Å²) in [6.07, 6.45) is 0. The summed E-state index contributed by atoms with van der Waals surface area (Å²) >= 11 is 0. The number of hydrogen-bond acceptors (Lipinski definition) is 5. The number of carbonyl (C=O) groups is 3. The Hall–Kier alpha value is -3.35. The number of barbiturate groups is 1. The second kappa shape index (κ2) is 9.42. The fourth-order valence-electron chi connectivity index (χ4n) is 4.18. The zero-order valence-corrected chi connectivity index (χ0v) is 19.7. The smallest absolute Gasteiger partial charge is 0.333 e. The number of anilines is 2. The minimum atomic E-state index is -0.997. The van der Waals surface area contributed by atoms with Gasteiger partial charge in [-0.15, -0.1) is 0 Å². The normalized spacial score (nSPS) is 15.0. The van der Waals surface area contributed by atoms with E-state index in [0.717, 1.165) is 22.5 Å². The van der Waals surface area contributed by atoms with Crippen LogP contribution in [0.3, 0.4) is 0 Å². The van der Waals surface area contributed by atoms with E-state index in [9.17, 15) is 14.4 Å². The second-order valence-corrected chi connectivity index (χ2v) is 8.37. The molecule has 3 rings (SSSR count). The highest BCUT2D eigenvalue weighted by molar-refractivity contribution is 6.16. The number of urea groups is 1. The molecule has 0 aliphatic carbocycles. The number of hydrogen-bond donors (Lipinski definition) is 0. The number of carbonyl (C=O) groups excluding carboxylic acids is 3. The summed E-state index contributed by atoms with van der Waals surface area (Å²) < 4.78 is 0. The average Bonchev–Trinajstić information content (AvgIpc) is 2.77. The van der Waals surface area contributed by atoms with Gasteiger partial charge in [0.1, 0.15) is 5.92 Å². The number of benzene rings is 2. The van der Waals surface area contributed by atoms with Gasteiger partial charge in [-0.2, -0.15) is 0 Å². The van der Waals surface area contributed by atoms with Gasteiger partial charge in [0.15, 0.2) is 0 Å². The maximum Gasteiger partial charge on any atom is 0.333 e. The van der Waals surface area contributed by atoms with Crippen LogP contribution < -0.4 is 9.80 Å². The molecule has 2 aromatic carbocycles. The standard InChI is InChI=1S/C25H32N4O3/c1-7-28-23(30)22(24(31)29(8-2)25(28)32)21(17-9-13-19(14-10-17)26(3)4)18-11-15-20(16-12-18)27(5)6/h9-16,21-22H,7-8H2,1-6H3. The van der Waals surface area contributed by atoms with Crippen molar-refractivity contribution in [1.82, 2.24) is 9.80 Å². The predicted molar refractivity (Wildman–Crippen MR) is 127 cm³/mol. The summed E-state index contributed by atoms with van der Waals surface area (Å²) in [7, 11) is 7.85. The van der Waals surface area contributed by atoms with Crippen molar-refractivity contribution >= 4 is 29.2 Å². The first-order valence-electron chi connectivity index (χ1n) is 10.9. The third-order valence-electron chi connectivity index (χ3n) is 6.03. The van der Waals surface area contributed by atoms with Crippen LogP contribution in [0, 0.1) is 5.92 Å². The molecule has 32 heavy (non-hydrogen) atoms. The van der Waals surface area contributed by atoms with Gasteiger partial charge in [0.05, 0.1) is 0 Å². The molecule has 1 aliphatic heterocycles. The predicted octanol–water partition coefficient (Wildman–Crippen LogP) is 3.40. The van der Waals surface area contributed by atoms with Gasteiger partial charge in [0.25, 0.3) is 0 Å². The number of nitrogens with zero attached hydrogens (tertiary/aromatic N) is 4. The Labute approximate surface area is 190 Å². The van der Waals surface area contributed by atoms with Crippen LogP contribution in [0.25, 0.3) is 0 Å². The summed E-state index contributed by atoms with van der Waals surface area (Å²) in [6.45, 7) is 3.96. The molecule has 1 heterocycles. The topological polar surface area (TPSA) is 64.2 Å². The Bertz CT molecular complexity index is 906. The van der Waals surface area contributed by atoms with Gasteiger partial charge in [-0.3, -0.25) is 19.4 Å². The maximum absolute atomic E-state index is 13.4. The van der Waals surface area contributed by atoms with Crippen LogP contribution in [-0.4, -0.2) is 68.9 Å². The van der Waals surface area contributed by atoms with Crippen molar-refractivity contribution < 1.29 is 14.4 Å². The summed E-state index contributed by atoms with van der Waals surface area (Å²) in [5, 5.41) is 0. The Kier molecular flexibility index (Phi) is 6.87. The van der Waals surface area contributed by atoms with Gasteiger partial charge in [-0.25, -0.2) is 4.79 Å². The lowest BCUT2D eigenvalue weighted by Crippen LogP contribution is -2.60. The molecule has 1 fully saturated rings. The molecule has 0 atom stereocenters. The van der Waals surface area contributed by atoms with Crippen LogP contribution in [0.1, 0.15) is 30.9 Å². The fraction of sp³-hybridized carbons (Fsp3) is 0.400. The summed E-state index contributed by atoms with van der Waals surface area (Å²) in [6, 6.07) is 15.2. The third-order valence-corrected chi connectivity index (χ3v) is 6.03. The van der Waals surface area contributed by atoms with Crippen molar-refractivity contribution in [2.45, 2.75) is 19.8 Å². The van der Waals surface area contributed by atoms with Gasteiger partial charge in [0.2, 0.25) is 11.8 Å². The first-order chi connectivity index (χ1) is 15.2. The minimum absolute atomic E-state index is 0.226. The van der Waals surface area contributed by atoms with E-state index in [1.165, 1.54) is 9.80 Å². The molecule has 0 radical (unpaired) electrons. The van der Waals surface area contributed by atoms with Crippen molar-refractivity contribution in [3.63, 3.8) is 0 Å². The lowest BCUT2D eigenvalue weighted by atomic mass is 9.78. The number of rotatable bonds is 7. The van der Waals surface area contributed by atoms with Crippen molar-refractivity contribution in [3.8, 4) is 0 Å². The summed E-state index contributed by atoms with van der Waals surface area (Å²) in [4.78, 5) is 45.9. The Balaban J connectivity index is 2.15. The first-order valence-corrected chi connectivity index (χ1v) is 10.9. The van der Waals surface area contributed by atoms with Crippen molar-refractivity contribution in [3.05, 3.63) is 59.7 Å². The molecule has 7 nitrogen and oxygen atoms in total. The van der Waals surface area contributed by atoms with Crippen molar-refractivity contribution in [2.24, 2.45) is 5.92 Å². The molecule has 0 spiro atoms. The van der Waals surface area contributed by atoms with E-state index in [1.54, 1.807) is 13.8 Å². The van der Waals surface area contributed by atoms with Crippen LogP contribution in [-0.2, 0) is 9.59 Å². The molecule has 0 aromatic heterocycles. The SMILES string of the molecule is CCN1C(=O)C(C(c2ccc(N(C)C)cc2)c2ccc(N(C)C)cc2)C(=O)N(CC)C1=O. The molecule has 0 bridgehead atoms. The van der Waals surface area contributed by atoms with Crippen LogP contribution in [0.5, 0.6) is 0 Å². The van der Waals surface area contributed by atoms with Gasteiger partial charge in [-0.1, -0.05) is 24.3 Å². The first kappa shape index (κ1) is 23.3. The van der Waals surface area contributed by atoms with Crippen LogP contribution in [0.2, 0.25) is 0 Å². The maximum atomic E-state index is 13.4. The molecule has 1 saturated heterocycles. The zero-order valence-electron chi connectivity index (χ0n) is 19.7. The third kappa shape index (κ3) is 4.20. The highest BCUT2D eigenvalue weighted by Crippen LogP contribution is 2.38. The largest absolute Gasteiger partial charge is 0.378 e. The monoisotopic (exact) mass is 436 g/mol. The molecule has 0 saturated carbocycles. The lowest BCUT2D eigenvalue weighted by molar-refractivity contribution is -0.149. The number of amides is 4. The van der Waals surface area contributed by atoms with Gasteiger partial charge in [-0.05, 0) is 49.2 Å². The van der Waals surface area contributed by atoms with Gasteiger partial charge >= 0.3 is 6.03 Å². The quantitative estimate of drug-likeness (QED) is 0.623. The molecular formula is C25H32N4O3. The van der Waals surface area contributed by atoms with E-state index in [4.69, 9.17) is 0 Å². The Morgan fingerprint density at radius 3 is 1.31 bits per heavy atom. The van der Waals surface area contributed by atoms with E-state index in [2.05, 4.69) is 0 Å². The van der Waals surface area contributed by atoms with Crippen LogP contribution in [0.15, 0.2) is 48.5 Å². The molecule has 2 aromatic rings. The summed E-state index contributed by atoms with van der Waals surface area (Å²) in [5.41, 5.74) is 3.78. The molecule has 1 aliphatic rings. The number of imide groups is 2. The van der Waals surface area contributed by atoms with Crippen LogP contribution in [0.4, 0.5) is 16.2 Å².